The molecule has 0 fully saturated rings. The van der Waals surface area contributed by atoms with Crippen molar-refractivity contribution in [2.24, 2.45) is 4.99 Å². The molecule has 2 N–H and O–H groups in total. The number of aryl methyl sites for hydroxylation is 1. The van der Waals surface area contributed by atoms with Gasteiger partial charge in [0.15, 0.2) is 5.96 Å². The molecule has 118 valence electrons. The summed E-state index contributed by atoms with van der Waals surface area (Å²) in [6.45, 7) is 6.72. The van der Waals surface area contributed by atoms with Gasteiger partial charge in [0.05, 0.1) is 19.3 Å². The Morgan fingerprint density at radius 1 is 1.36 bits per heavy atom. The first-order valence-electron chi connectivity index (χ1n) is 7.43. The molecule has 0 unspecified atom stereocenters. The van der Waals surface area contributed by atoms with Crippen molar-refractivity contribution in [2.75, 3.05) is 13.1 Å². The van der Waals surface area contributed by atoms with Crippen LogP contribution in [0.2, 0.25) is 0 Å². The first-order chi connectivity index (χ1) is 10.7. The number of aromatic nitrogens is 2. The van der Waals surface area contributed by atoms with Crippen LogP contribution in [-0.2, 0) is 13.1 Å². The summed E-state index contributed by atoms with van der Waals surface area (Å²) in [5, 5.41) is 10.7. The number of nitrogens with one attached hydrogen (secondary N) is 2. The Kier molecular flexibility index (Phi) is 5.94. The molecular formula is C16H22FN5. The molecular weight excluding hydrogens is 281 g/mol. The molecule has 0 bridgehead atoms. The monoisotopic (exact) mass is 303 g/mol. The van der Waals surface area contributed by atoms with Crippen LogP contribution >= 0.6 is 0 Å². The van der Waals surface area contributed by atoms with Crippen LogP contribution in [-0.4, -0.2) is 28.8 Å². The van der Waals surface area contributed by atoms with Crippen molar-refractivity contribution in [1.29, 1.82) is 0 Å². The molecule has 5 nitrogen and oxygen atoms in total. The van der Waals surface area contributed by atoms with Gasteiger partial charge in [0, 0.05) is 19.3 Å². The Balaban J connectivity index is 1.86. The van der Waals surface area contributed by atoms with Crippen molar-refractivity contribution in [1.82, 2.24) is 20.4 Å². The summed E-state index contributed by atoms with van der Waals surface area (Å²) >= 11 is 0. The van der Waals surface area contributed by atoms with Crippen molar-refractivity contribution in [2.45, 2.75) is 26.9 Å². The van der Waals surface area contributed by atoms with Crippen LogP contribution in [0.1, 0.15) is 18.1 Å². The molecule has 2 rings (SSSR count). The quantitative estimate of drug-likeness (QED) is 0.634. The Morgan fingerprint density at radius 3 is 2.91 bits per heavy atom. The van der Waals surface area contributed by atoms with Gasteiger partial charge in [-0.2, -0.15) is 5.10 Å². The molecule has 0 saturated heterocycles. The molecule has 1 aromatic heterocycles. The molecule has 6 heteroatoms. The Bertz CT molecular complexity index is 621. The number of rotatable bonds is 6. The van der Waals surface area contributed by atoms with E-state index in [9.17, 15) is 4.39 Å². The number of nitrogens with zero attached hydrogens (tertiary/aromatic N) is 3. The third-order valence-electron chi connectivity index (χ3n) is 3.05. The summed E-state index contributed by atoms with van der Waals surface area (Å²) in [5.41, 5.74) is 1.99. The van der Waals surface area contributed by atoms with E-state index in [-0.39, 0.29) is 5.82 Å². The molecule has 0 atom stereocenters. The Hall–Kier alpha value is -2.37. The molecule has 1 heterocycles. The third kappa shape index (κ3) is 5.20. The van der Waals surface area contributed by atoms with Gasteiger partial charge in [0.2, 0.25) is 0 Å². The Labute approximate surface area is 130 Å². The number of hydrogen-bond donors (Lipinski definition) is 2. The van der Waals surface area contributed by atoms with Crippen LogP contribution in [0.3, 0.4) is 0 Å². The van der Waals surface area contributed by atoms with Gasteiger partial charge in [-0.25, -0.2) is 9.38 Å². The summed E-state index contributed by atoms with van der Waals surface area (Å²) in [7, 11) is 0. The maximum atomic E-state index is 13.1. The van der Waals surface area contributed by atoms with Gasteiger partial charge in [-0.05, 0) is 37.1 Å². The second-order valence-corrected chi connectivity index (χ2v) is 5.03. The van der Waals surface area contributed by atoms with Crippen molar-refractivity contribution in [3.8, 4) is 0 Å². The second-order valence-electron chi connectivity index (χ2n) is 5.03. The molecule has 0 amide bonds. The summed E-state index contributed by atoms with van der Waals surface area (Å²) in [6, 6.07) is 6.49. The zero-order valence-corrected chi connectivity index (χ0v) is 13.0. The van der Waals surface area contributed by atoms with Crippen LogP contribution in [0.5, 0.6) is 0 Å². The predicted octanol–water partition coefficient (Wildman–Crippen LogP) is 2.09. The van der Waals surface area contributed by atoms with Crippen molar-refractivity contribution in [3.05, 3.63) is 53.6 Å². The highest BCUT2D eigenvalue weighted by Crippen LogP contribution is 2.04. The zero-order valence-electron chi connectivity index (χ0n) is 13.0. The molecule has 0 radical (unpaired) electrons. The maximum absolute atomic E-state index is 13.1. The maximum Gasteiger partial charge on any atom is 0.191 e. The predicted molar refractivity (Wildman–Crippen MR) is 86.2 cm³/mol. The fourth-order valence-electron chi connectivity index (χ4n) is 2.03. The number of guanidine groups is 1. The van der Waals surface area contributed by atoms with E-state index in [0.29, 0.717) is 6.54 Å². The van der Waals surface area contributed by atoms with Crippen LogP contribution in [0.15, 0.2) is 41.7 Å². The third-order valence-corrected chi connectivity index (χ3v) is 3.05. The van der Waals surface area contributed by atoms with E-state index in [0.717, 1.165) is 36.7 Å². The smallest absolute Gasteiger partial charge is 0.191 e. The van der Waals surface area contributed by atoms with E-state index < -0.39 is 0 Å². The number of hydrogen-bond acceptors (Lipinski definition) is 2. The molecule has 0 saturated carbocycles. The highest BCUT2D eigenvalue weighted by molar-refractivity contribution is 5.79. The van der Waals surface area contributed by atoms with Crippen molar-refractivity contribution < 1.29 is 4.39 Å². The average Bonchev–Trinajstić information content (AvgIpc) is 2.90. The standard InChI is InChI=1S/C16H22FN5/c1-3-18-16(19-7-8-22-12-13(2)10-21-22)20-11-14-5-4-6-15(17)9-14/h4-6,9-10,12H,3,7-8,11H2,1-2H3,(H2,18,19,20). The van der Waals surface area contributed by atoms with E-state index in [1.165, 1.54) is 12.1 Å². The van der Waals surface area contributed by atoms with Crippen molar-refractivity contribution >= 4 is 5.96 Å². The lowest BCUT2D eigenvalue weighted by Gasteiger charge is -2.11. The van der Waals surface area contributed by atoms with Crippen LogP contribution in [0.25, 0.3) is 0 Å². The Morgan fingerprint density at radius 2 is 2.23 bits per heavy atom. The number of aliphatic imine (C=N–C) groups is 1. The first-order valence-corrected chi connectivity index (χ1v) is 7.43. The molecule has 2 aromatic rings. The minimum Gasteiger partial charge on any atom is -0.357 e. The van der Waals surface area contributed by atoms with E-state index >= 15 is 0 Å². The summed E-state index contributed by atoms with van der Waals surface area (Å²) in [5.74, 6) is 0.482. The van der Waals surface area contributed by atoms with Crippen LogP contribution < -0.4 is 10.6 Å². The molecule has 0 spiro atoms. The highest BCUT2D eigenvalue weighted by atomic mass is 19.1. The minimum atomic E-state index is -0.236. The number of benzene rings is 1. The topological polar surface area (TPSA) is 54.2 Å². The summed E-state index contributed by atoms with van der Waals surface area (Å²) in [4.78, 5) is 4.46. The van der Waals surface area contributed by atoms with Gasteiger partial charge in [0.25, 0.3) is 0 Å². The van der Waals surface area contributed by atoms with Gasteiger partial charge >= 0.3 is 0 Å². The fraction of sp³-hybridized carbons (Fsp3) is 0.375. The lowest BCUT2D eigenvalue weighted by molar-refractivity contribution is 0.597. The second kappa shape index (κ2) is 8.17. The van der Waals surface area contributed by atoms with E-state index in [4.69, 9.17) is 0 Å². The molecule has 0 aliphatic heterocycles. The molecule has 22 heavy (non-hydrogen) atoms. The normalized spacial score (nSPS) is 11.5. The highest BCUT2D eigenvalue weighted by Gasteiger charge is 1.99. The minimum absolute atomic E-state index is 0.236. The van der Waals surface area contributed by atoms with E-state index in [1.807, 2.05) is 37.0 Å². The van der Waals surface area contributed by atoms with Crippen LogP contribution in [0, 0.1) is 12.7 Å². The van der Waals surface area contributed by atoms with Crippen LogP contribution in [0.4, 0.5) is 4.39 Å². The zero-order chi connectivity index (χ0) is 15.8. The van der Waals surface area contributed by atoms with E-state index in [1.54, 1.807) is 6.07 Å². The van der Waals surface area contributed by atoms with Gasteiger partial charge in [-0.1, -0.05) is 12.1 Å². The van der Waals surface area contributed by atoms with E-state index in [2.05, 4.69) is 20.7 Å². The molecule has 0 aliphatic rings. The van der Waals surface area contributed by atoms with Gasteiger partial charge in [-0.15, -0.1) is 0 Å². The fourth-order valence-corrected chi connectivity index (χ4v) is 2.03. The van der Waals surface area contributed by atoms with Gasteiger partial charge in [-0.3, -0.25) is 4.68 Å². The van der Waals surface area contributed by atoms with Gasteiger partial charge in [0.1, 0.15) is 5.82 Å². The lowest BCUT2D eigenvalue weighted by atomic mass is 10.2. The molecule has 0 aliphatic carbocycles. The number of halogens is 1. The van der Waals surface area contributed by atoms with Gasteiger partial charge < -0.3 is 10.6 Å². The lowest BCUT2D eigenvalue weighted by Crippen LogP contribution is -2.38. The van der Waals surface area contributed by atoms with Crippen molar-refractivity contribution in [3.63, 3.8) is 0 Å². The SMILES string of the molecule is CCNC(=NCc1cccc(F)c1)NCCn1cc(C)cn1. The largest absolute Gasteiger partial charge is 0.357 e. The summed E-state index contributed by atoms with van der Waals surface area (Å²) < 4.78 is 15.0. The summed E-state index contributed by atoms with van der Waals surface area (Å²) in [6.07, 6.45) is 3.84. The molecule has 1 aromatic carbocycles. The average molecular weight is 303 g/mol. The first kappa shape index (κ1) is 16.0.